The van der Waals surface area contributed by atoms with E-state index in [1.807, 2.05) is 38.1 Å². The summed E-state index contributed by atoms with van der Waals surface area (Å²) in [7, 11) is 1.35. The molecule has 3 rings (SSSR count). The van der Waals surface area contributed by atoms with Crippen LogP contribution in [0.1, 0.15) is 21.6 Å². The summed E-state index contributed by atoms with van der Waals surface area (Å²) in [6.07, 6.45) is 0. The topological polar surface area (TPSA) is 76.1 Å². The normalized spacial score (nSPS) is 10.4. The maximum atomic E-state index is 11.5. The minimum atomic E-state index is -0.378. The number of nitrogens with one attached hydrogen (secondary N) is 2. The number of hydrogen-bond donors (Lipinski definition) is 2. The highest BCUT2D eigenvalue weighted by Crippen LogP contribution is 2.24. The van der Waals surface area contributed by atoms with E-state index >= 15 is 0 Å². The lowest BCUT2D eigenvalue weighted by Crippen LogP contribution is -2.03. The standard InChI is InChI=1S/C20H19ClN4O2/c1-12-4-7-16(11-17(12)21)23-18-10-13(2)22-20(25-18)24-15-8-5-14(6-9-15)19(26)27-3/h4-11H,1-3H3,(H2,22,23,24,25). The minimum absolute atomic E-state index is 0.378. The molecular formula is C20H19ClN4O2. The van der Waals surface area contributed by atoms with Crippen LogP contribution in [0.4, 0.5) is 23.1 Å². The molecule has 0 aliphatic carbocycles. The maximum Gasteiger partial charge on any atom is 0.337 e. The van der Waals surface area contributed by atoms with Crippen LogP contribution in [-0.4, -0.2) is 23.0 Å². The molecule has 0 bridgehead atoms. The molecule has 2 aromatic carbocycles. The molecule has 1 aromatic heterocycles. The summed E-state index contributed by atoms with van der Waals surface area (Å²) in [5.41, 5.74) is 3.90. The van der Waals surface area contributed by atoms with Gasteiger partial charge in [-0.25, -0.2) is 9.78 Å². The van der Waals surface area contributed by atoms with Gasteiger partial charge in [-0.2, -0.15) is 4.98 Å². The lowest BCUT2D eigenvalue weighted by molar-refractivity contribution is 0.0601. The molecule has 0 aliphatic rings. The fraction of sp³-hybridized carbons (Fsp3) is 0.150. The van der Waals surface area contributed by atoms with Crippen molar-refractivity contribution in [2.75, 3.05) is 17.7 Å². The van der Waals surface area contributed by atoms with Crippen LogP contribution >= 0.6 is 11.6 Å². The number of carbonyl (C=O) groups is 1. The molecule has 2 N–H and O–H groups in total. The number of anilines is 4. The predicted octanol–water partition coefficient (Wildman–Crippen LogP) is 5.02. The van der Waals surface area contributed by atoms with E-state index in [9.17, 15) is 4.79 Å². The summed E-state index contributed by atoms with van der Waals surface area (Å²) in [6.45, 7) is 3.84. The number of ether oxygens (including phenoxy) is 1. The Labute approximate surface area is 162 Å². The van der Waals surface area contributed by atoms with E-state index in [-0.39, 0.29) is 5.97 Å². The van der Waals surface area contributed by atoms with E-state index in [0.29, 0.717) is 22.4 Å². The first-order valence-corrected chi connectivity index (χ1v) is 8.66. The van der Waals surface area contributed by atoms with Gasteiger partial charge in [-0.15, -0.1) is 0 Å². The number of carbonyl (C=O) groups excluding carboxylic acids is 1. The predicted molar refractivity (Wildman–Crippen MR) is 107 cm³/mol. The van der Waals surface area contributed by atoms with Gasteiger partial charge in [-0.3, -0.25) is 0 Å². The van der Waals surface area contributed by atoms with Gasteiger partial charge in [0.2, 0.25) is 5.95 Å². The van der Waals surface area contributed by atoms with Crippen LogP contribution in [-0.2, 0) is 4.74 Å². The fourth-order valence-corrected chi connectivity index (χ4v) is 2.62. The Kier molecular flexibility index (Phi) is 5.57. The third-order valence-corrected chi connectivity index (χ3v) is 4.27. The summed E-state index contributed by atoms with van der Waals surface area (Å²) in [5.74, 6) is 0.717. The van der Waals surface area contributed by atoms with Crippen molar-refractivity contribution in [3.8, 4) is 0 Å². The van der Waals surface area contributed by atoms with Crippen molar-refractivity contribution in [3.63, 3.8) is 0 Å². The molecule has 3 aromatic rings. The molecule has 6 nitrogen and oxygen atoms in total. The lowest BCUT2D eigenvalue weighted by atomic mass is 10.2. The number of hydrogen-bond acceptors (Lipinski definition) is 6. The molecule has 0 fully saturated rings. The number of rotatable bonds is 5. The largest absolute Gasteiger partial charge is 0.465 e. The van der Waals surface area contributed by atoms with Crippen molar-refractivity contribution < 1.29 is 9.53 Å². The van der Waals surface area contributed by atoms with E-state index < -0.39 is 0 Å². The second-order valence-electron chi connectivity index (χ2n) is 6.00. The monoisotopic (exact) mass is 382 g/mol. The van der Waals surface area contributed by atoms with Gasteiger partial charge in [-0.1, -0.05) is 17.7 Å². The number of halogens is 1. The van der Waals surface area contributed by atoms with Gasteiger partial charge < -0.3 is 15.4 Å². The van der Waals surface area contributed by atoms with Gasteiger partial charge in [0, 0.05) is 28.2 Å². The van der Waals surface area contributed by atoms with Crippen molar-refractivity contribution in [2.24, 2.45) is 0 Å². The molecule has 0 saturated carbocycles. The summed E-state index contributed by atoms with van der Waals surface area (Å²) in [6, 6.07) is 14.5. The van der Waals surface area contributed by atoms with Crippen LogP contribution in [0.3, 0.4) is 0 Å². The molecule has 0 radical (unpaired) electrons. The van der Waals surface area contributed by atoms with Crippen LogP contribution in [0.25, 0.3) is 0 Å². The van der Waals surface area contributed by atoms with E-state index in [1.54, 1.807) is 24.3 Å². The van der Waals surface area contributed by atoms with E-state index in [2.05, 4.69) is 20.6 Å². The molecule has 0 atom stereocenters. The van der Waals surface area contributed by atoms with E-state index in [0.717, 1.165) is 22.6 Å². The Morgan fingerprint density at radius 1 is 0.963 bits per heavy atom. The molecule has 0 amide bonds. The summed E-state index contributed by atoms with van der Waals surface area (Å²) in [5, 5.41) is 7.06. The molecule has 0 spiro atoms. The van der Waals surface area contributed by atoms with Gasteiger partial charge in [0.1, 0.15) is 5.82 Å². The summed E-state index contributed by atoms with van der Waals surface area (Å²) in [4.78, 5) is 20.4. The number of aryl methyl sites for hydroxylation is 2. The van der Waals surface area contributed by atoms with Crippen molar-refractivity contribution in [1.82, 2.24) is 9.97 Å². The van der Waals surface area contributed by atoms with Crippen LogP contribution in [0.2, 0.25) is 5.02 Å². The SMILES string of the molecule is COC(=O)c1ccc(Nc2nc(C)cc(Nc3ccc(C)c(Cl)c3)n2)cc1. The smallest absolute Gasteiger partial charge is 0.337 e. The quantitative estimate of drug-likeness (QED) is 0.603. The Hall–Kier alpha value is -3.12. The Morgan fingerprint density at radius 3 is 2.33 bits per heavy atom. The highest BCUT2D eigenvalue weighted by Gasteiger charge is 2.07. The zero-order chi connectivity index (χ0) is 19.4. The molecule has 1 heterocycles. The minimum Gasteiger partial charge on any atom is -0.465 e. The van der Waals surface area contributed by atoms with Gasteiger partial charge in [0.15, 0.2) is 0 Å². The molecular weight excluding hydrogens is 364 g/mol. The van der Waals surface area contributed by atoms with Gasteiger partial charge in [0.25, 0.3) is 0 Å². The van der Waals surface area contributed by atoms with Crippen LogP contribution in [0.15, 0.2) is 48.5 Å². The number of benzene rings is 2. The van der Waals surface area contributed by atoms with Crippen molar-refractivity contribution in [3.05, 3.63) is 70.4 Å². The molecule has 0 unspecified atom stereocenters. The molecule has 138 valence electrons. The first kappa shape index (κ1) is 18.7. The lowest BCUT2D eigenvalue weighted by Gasteiger charge is -2.11. The Balaban J connectivity index is 1.78. The van der Waals surface area contributed by atoms with Gasteiger partial charge in [0.05, 0.1) is 12.7 Å². The summed E-state index contributed by atoms with van der Waals surface area (Å²) < 4.78 is 4.70. The van der Waals surface area contributed by atoms with Crippen LogP contribution in [0.5, 0.6) is 0 Å². The third kappa shape index (κ3) is 4.74. The second kappa shape index (κ2) is 8.05. The second-order valence-corrected chi connectivity index (χ2v) is 6.41. The number of esters is 1. The fourth-order valence-electron chi connectivity index (χ4n) is 2.44. The first-order valence-electron chi connectivity index (χ1n) is 8.29. The zero-order valence-corrected chi connectivity index (χ0v) is 16.0. The maximum absolute atomic E-state index is 11.5. The average molecular weight is 383 g/mol. The average Bonchev–Trinajstić information content (AvgIpc) is 2.64. The molecule has 7 heteroatoms. The van der Waals surface area contributed by atoms with Crippen LogP contribution in [0, 0.1) is 13.8 Å². The van der Waals surface area contributed by atoms with Crippen LogP contribution < -0.4 is 10.6 Å². The van der Waals surface area contributed by atoms with Gasteiger partial charge in [-0.05, 0) is 55.8 Å². The molecule has 0 saturated heterocycles. The van der Waals surface area contributed by atoms with E-state index in [1.165, 1.54) is 7.11 Å². The van der Waals surface area contributed by atoms with E-state index in [4.69, 9.17) is 16.3 Å². The zero-order valence-electron chi connectivity index (χ0n) is 15.2. The summed E-state index contributed by atoms with van der Waals surface area (Å²) >= 11 is 6.18. The Morgan fingerprint density at radius 2 is 1.67 bits per heavy atom. The molecule has 27 heavy (non-hydrogen) atoms. The number of aromatic nitrogens is 2. The number of nitrogens with zero attached hydrogens (tertiary/aromatic N) is 2. The number of methoxy groups -OCH3 is 1. The van der Waals surface area contributed by atoms with Crippen molar-refractivity contribution >= 4 is 40.7 Å². The first-order chi connectivity index (χ1) is 12.9. The van der Waals surface area contributed by atoms with Gasteiger partial charge >= 0.3 is 5.97 Å². The highest BCUT2D eigenvalue weighted by molar-refractivity contribution is 6.31. The molecule has 0 aliphatic heterocycles. The Bertz CT molecular complexity index is 974. The van der Waals surface area contributed by atoms with Crippen molar-refractivity contribution in [2.45, 2.75) is 13.8 Å². The third-order valence-electron chi connectivity index (χ3n) is 3.86. The van der Waals surface area contributed by atoms with Crippen molar-refractivity contribution in [1.29, 1.82) is 0 Å². The highest BCUT2D eigenvalue weighted by atomic mass is 35.5.